The van der Waals surface area contributed by atoms with Gasteiger partial charge in [0.15, 0.2) is 18.1 Å². The molecule has 2 saturated carbocycles. The molecule has 3 aromatic carbocycles. The van der Waals surface area contributed by atoms with Gasteiger partial charge in [-0.2, -0.15) is 0 Å². The smallest absolute Gasteiger partial charge is 0.305 e. The van der Waals surface area contributed by atoms with Gasteiger partial charge in [-0.15, -0.1) is 11.8 Å². The van der Waals surface area contributed by atoms with Crippen LogP contribution in [0.3, 0.4) is 0 Å². The molecule has 0 radical (unpaired) electrons. The van der Waals surface area contributed by atoms with Gasteiger partial charge in [0.25, 0.3) is 5.91 Å². The Kier molecular flexibility index (Phi) is 7.55. The van der Waals surface area contributed by atoms with Crippen LogP contribution in [0.4, 0.5) is 15.8 Å². The van der Waals surface area contributed by atoms with Gasteiger partial charge in [0.2, 0.25) is 11.8 Å². The second-order valence-corrected chi connectivity index (χ2v) is 14.6. The predicted octanol–water partition coefficient (Wildman–Crippen LogP) is 5.29. The number of imide groups is 1. The summed E-state index contributed by atoms with van der Waals surface area (Å²) in [7, 11) is 3.08. The molecule has 1 saturated heterocycles. The molecule has 7 atom stereocenters. The Hall–Kier alpha value is -4.62. The van der Waals surface area contributed by atoms with Gasteiger partial charge >= 0.3 is 4.87 Å². The van der Waals surface area contributed by atoms with Crippen LogP contribution < -0.4 is 29.3 Å². The number of thiazole rings is 1. The number of amides is 3. The van der Waals surface area contributed by atoms with E-state index >= 15 is 0 Å². The quantitative estimate of drug-likeness (QED) is 0.240. The van der Waals surface area contributed by atoms with E-state index in [2.05, 4.69) is 10.3 Å². The number of methoxy groups -OCH3 is 2. The maximum Gasteiger partial charge on any atom is 0.305 e. The van der Waals surface area contributed by atoms with Crippen molar-refractivity contribution in [1.29, 1.82) is 0 Å². The summed E-state index contributed by atoms with van der Waals surface area (Å²) in [5.74, 6) is -0.844. The number of aromatic amines is 1. The molecule has 4 aliphatic rings. The highest BCUT2D eigenvalue weighted by Crippen LogP contribution is 2.68. The van der Waals surface area contributed by atoms with Crippen LogP contribution in [0.15, 0.2) is 76.6 Å². The zero-order chi connectivity index (χ0) is 33.3. The third-order valence-electron chi connectivity index (χ3n) is 10.1. The molecule has 3 heterocycles. The summed E-state index contributed by atoms with van der Waals surface area (Å²) in [4.78, 5) is 58.3. The van der Waals surface area contributed by atoms with Crippen LogP contribution in [0.25, 0.3) is 0 Å². The van der Waals surface area contributed by atoms with Gasteiger partial charge in [-0.05, 0) is 90.4 Å². The molecule has 2 aliphatic carbocycles. The Labute approximate surface area is 282 Å². The standard InChI is InChI=1S/C35H30FN3O7S2/c1-44-20-10-8-19(9-11-20)39-33(41)28-21-14-22(29(28)34(39)42)30-27(21)26(31-32(47-30)38-35(43)48-31)16-3-12-23(24(13-16)45-2)46-15-25(40)37-18-6-4-17(36)5-7-18/h3-13,21-22,26-30H,14-15H2,1-2H3,(H,37,40)(H,38,43)/t21?,22?,26-,27?,28?,29?,30?/m1/s1. The van der Waals surface area contributed by atoms with Crippen LogP contribution >= 0.6 is 23.1 Å². The van der Waals surface area contributed by atoms with Crippen molar-refractivity contribution in [2.45, 2.75) is 22.6 Å². The fourth-order valence-electron chi connectivity index (χ4n) is 8.25. The average molecular weight is 688 g/mol. The van der Waals surface area contributed by atoms with Crippen molar-refractivity contribution in [1.82, 2.24) is 4.98 Å². The second-order valence-electron chi connectivity index (χ2n) is 12.4. The molecule has 2 aliphatic heterocycles. The first kappa shape index (κ1) is 30.7. The van der Waals surface area contributed by atoms with E-state index in [1.165, 1.54) is 47.6 Å². The Morgan fingerprint density at radius 1 is 0.938 bits per heavy atom. The largest absolute Gasteiger partial charge is 0.497 e. The Bertz CT molecular complexity index is 2000. The summed E-state index contributed by atoms with van der Waals surface area (Å²) in [6.07, 6.45) is 0.767. The van der Waals surface area contributed by atoms with E-state index in [1.54, 1.807) is 49.2 Å². The van der Waals surface area contributed by atoms with Gasteiger partial charge in [0, 0.05) is 21.7 Å². The van der Waals surface area contributed by atoms with E-state index in [-0.39, 0.29) is 52.2 Å². The maximum absolute atomic E-state index is 14.0. The molecule has 1 aromatic heterocycles. The van der Waals surface area contributed by atoms with Crippen LogP contribution in [-0.4, -0.2) is 48.8 Å². The zero-order valence-corrected chi connectivity index (χ0v) is 27.4. The van der Waals surface area contributed by atoms with Crippen LogP contribution in [0, 0.1) is 35.4 Å². The lowest BCUT2D eigenvalue weighted by Gasteiger charge is -2.43. The number of nitrogens with zero attached hydrogens (tertiary/aromatic N) is 1. The van der Waals surface area contributed by atoms with Gasteiger partial charge in [-0.25, -0.2) is 4.39 Å². The minimum atomic E-state index is -0.435. The molecule has 13 heteroatoms. The molecule has 6 unspecified atom stereocenters. The first-order valence-corrected chi connectivity index (χ1v) is 17.2. The fourth-order valence-corrected chi connectivity index (χ4v) is 11.1. The van der Waals surface area contributed by atoms with Crippen molar-refractivity contribution in [2.75, 3.05) is 31.0 Å². The number of rotatable bonds is 8. The Morgan fingerprint density at radius 2 is 1.67 bits per heavy atom. The molecule has 10 nitrogen and oxygen atoms in total. The topological polar surface area (TPSA) is 127 Å². The number of fused-ring (bicyclic) bond motifs is 9. The summed E-state index contributed by atoms with van der Waals surface area (Å²) in [5.41, 5.74) is 1.89. The van der Waals surface area contributed by atoms with Crippen molar-refractivity contribution in [3.8, 4) is 17.2 Å². The number of anilines is 2. The third-order valence-corrected chi connectivity index (χ3v) is 12.7. The molecule has 3 amide bonds. The van der Waals surface area contributed by atoms with E-state index in [1.807, 2.05) is 12.1 Å². The molecule has 0 spiro atoms. The lowest BCUT2D eigenvalue weighted by atomic mass is 9.68. The van der Waals surface area contributed by atoms with Gasteiger partial charge in [0.05, 0.1) is 36.8 Å². The number of hydrogen-bond acceptors (Lipinski definition) is 9. The summed E-state index contributed by atoms with van der Waals surface area (Å²) in [6.45, 7) is -0.297. The average Bonchev–Trinajstić information content (AvgIpc) is 3.83. The third kappa shape index (κ3) is 4.90. The number of hydrogen-bond donors (Lipinski definition) is 2. The highest BCUT2D eigenvalue weighted by molar-refractivity contribution is 8.00. The van der Waals surface area contributed by atoms with Crippen molar-refractivity contribution >= 4 is 52.2 Å². The Morgan fingerprint density at radius 3 is 2.38 bits per heavy atom. The molecular weight excluding hydrogens is 658 g/mol. The summed E-state index contributed by atoms with van der Waals surface area (Å²) >= 11 is 2.80. The lowest BCUT2D eigenvalue weighted by Crippen LogP contribution is -2.42. The molecule has 48 heavy (non-hydrogen) atoms. The molecule has 3 fully saturated rings. The maximum atomic E-state index is 14.0. The van der Waals surface area contributed by atoms with Crippen LogP contribution in [0.5, 0.6) is 17.2 Å². The second kappa shape index (κ2) is 11.8. The lowest BCUT2D eigenvalue weighted by molar-refractivity contribution is -0.123. The molecule has 8 rings (SSSR count). The monoisotopic (exact) mass is 687 g/mol. The van der Waals surface area contributed by atoms with Crippen molar-refractivity contribution < 1.29 is 33.0 Å². The normalized spacial score (nSPS) is 26.6. The predicted molar refractivity (Wildman–Crippen MR) is 178 cm³/mol. The minimum absolute atomic E-state index is 0.00530. The summed E-state index contributed by atoms with van der Waals surface area (Å²) in [5, 5.41) is 3.51. The van der Waals surface area contributed by atoms with Crippen LogP contribution in [0.2, 0.25) is 0 Å². The minimum Gasteiger partial charge on any atom is -0.497 e. The van der Waals surface area contributed by atoms with Gasteiger partial charge in [-0.1, -0.05) is 17.4 Å². The molecule has 2 bridgehead atoms. The van der Waals surface area contributed by atoms with Gasteiger partial charge < -0.3 is 24.5 Å². The number of thioether (sulfide) groups is 1. The van der Waals surface area contributed by atoms with Crippen molar-refractivity contribution in [3.05, 3.63) is 92.7 Å². The summed E-state index contributed by atoms with van der Waals surface area (Å²) in [6, 6.07) is 17.9. The van der Waals surface area contributed by atoms with E-state index in [0.29, 0.717) is 28.6 Å². The summed E-state index contributed by atoms with van der Waals surface area (Å²) < 4.78 is 30.0. The number of halogens is 1. The fraction of sp³-hybridized carbons (Fsp3) is 0.314. The van der Waals surface area contributed by atoms with Gasteiger partial charge in [-0.3, -0.25) is 24.1 Å². The number of H-pyrrole nitrogens is 1. The van der Waals surface area contributed by atoms with Crippen molar-refractivity contribution in [3.63, 3.8) is 0 Å². The number of nitrogens with one attached hydrogen (secondary N) is 2. The number of benzene rings is 3. The first-order valence-electron chi connectivity index (χ1n) is 15.5. The van der Waals surface area contributed by atoms with E-state index in [4.69, 9.17) is 14.2 Å². The Balaban J connectivity index is 1.08. The SMILES string of the molecule is COc1ccc(N2C(=O)C3C4CC(C3C2=O)C2C4Sc3[nH]c(=O)sc3[C@@H]2c2ccc(OCC(=O)Nc3ccc(F)cc3)c(OC)c2)cc1. The van der Waals surface area contributed by atoms with E-state index < -0.39 is 23.6 Å². The highest BCUT2D eigenvalue weighted by atomic mass is 32.2. The molecule has 246 valence electrons. The van der Waals surface area contributed by atoms with E-state index in [0.717, 1.165) is 21.9 Å². The van der Waals surface area contributed by atoms with E-state index in [9.17, 15) is 23.6 Å². The number of carbonyl (C=O) groups is 3. The molecule has 4 aromatic rings. The van der Waals surface area contributed by atoms with Crippen LogP contribution in [-0.2, 0) is 14.4 Å². The number of ether oxygens (including phenoxy) is 3. The zero-order valence-electron chi connectivity index (χ0n) is 25.8. The van der Waals surface area contributed by atoms with Crippen LogP contribution in [0.1, 0.15) is 22.8 Å². The first-order chi connectivity index (χ1) is 23.2. The molecule has 2 N–H and O–H groups in total. The highest BCUT2D eigenvalue weighted by Gasteiger charge is 2.69. The number of aromatic nitrogens is 1. The van der Waals surface area contributed by atoms with Crippen molar-refractivity contribution in [2.24, 2.45) is 29.6 Å². The number of carbonyl (C=O) groups excluding carboxylic acids is 3. The molecular formula is C35H30FN3O7S2. The van der Waals surface area contributed by atoms with Gasteiger partial charge in [0.1, 0.15) is 11.6 Å².